The van der Waals surface area contributed by atoms with E-state index in [2.05, 4.69) is 10.3 Å². The first kappa shape index (κ1) is 25.2. The van der Waals surface area contributed by atoms with E-state index in [0.29, 0.717) is 35.6 Å². The van der Waals surface area contributed by atoms with Crippen LogP contribution in [0.4, 0.5) is 0 Å². The number of sulfone groups is 1. The van der Waals surface area contributed by atoms with Crippen molar-refractivity contribution in [2.24, 2.45) is 0 Å². The number of rotatable bonds is 10. The topological polar surface area (TPSA) is 118 Å². The number of carbonyl (C=O) groups is 2. The standard InChI is InChI=1S/C22H30N4O5S2/c1-3-5-11-26-21(29)17-8-6-7-9-18(17)24-22(26)32-14-20(28)25(4-2)13-19(27)23-16-10-12-33(30,31)15-16/h6-9,16H,3-5,10-15H2,1-2H3,(H,23,27). The molecule has 3 rings (SSSR count). The van der Waals surface area contributed by atoms with Gasteiger partial charge in [0.05, 0.1) is 34.7 Å². The maximum Gasteiger partial charge on any atom is 0.262 e. The molecule has 1 N–H and O–H groups in total. The Balaban J connectivity index is 1.66. The zero-order valence-corrected chi connectivity index (χ0v) is 20.6. The van der Waals surface area contributed by atoms with Gasteiger partial charge in [-0.15, -0.1) is 0 Å². The Bertz CT molecular complexity index is 1180. The molecule has 2 heterocycles. The molecule has 1 aliphatic rings. The lowest BCUT2D eigenvalue weighted by atomic mass is 10.2. The molecule has 33 heavy (non-hydrogen) atoms. The van der Waals surface area contributed by atoms with Gasteiger partial charge in [-0.25, -0.2) is 13.4 Å². The molecule has 0 radical (unpaired) electrons. The van der Waals surface area contributed by atoms with Crippen molar-refractivity contribution in [3.8, 4) is 0 Å². The van der Waals surface area contributed by atoms with Crippen LogP contribution in [0.5, 0.6) is 0 Å². The van der Waals surface area contributed by atoms with E-state index in [9.17, 15) is 22.8 Å². The number of likely N-dealkylation sites (N-methyl/N-ethyl adjacent to an activating group) is 1. The van der Waals surface area contributed by atoms with Crippen LogP contribution in [0.1, 0.15) is 33.1 Å². The van der Waals surface area contributed by atoms with E-state index in [1.807, 2.05) is 13.0 Å². The Hall–Kier alpha value is -2.40. The number of nitrogens with one attached hydrogen (secondary N) is 1. The Kier molecular flexibility index (Phi) is 8.52. The summed E-state index contributed by atoms with van der Waals surface area (Å²) in [6, 6.07) is 6.74. The lowest BCUT2D eigenvalue weighted by Crippen LogP contribution is -2.45. The molecule has 180 valence electrons. The Morgan fingerprint density at radius 1 is 1.27 bits per heavy atom. The highest BCUT2D eigenvalue weighted by molar-refractivity contribution is 7.99. The molecule has 0 aliphatic carbocycles. The Morgan fingerprint density at radius 2 is 2.03 bits per heavy atom. The fourth-order valence-corrected chi connectivity index (χ4v) is 6.32. The third kappa shape index (κ3) is 6.57. The van der Waals surface area contributed by atoms with Gasteiger partial charge in [0.1, 0.15) is 0 Å². The molecule has 1 atom stereocenters. The van der Waals surface area contributed by atoms with Gasteiger partial charge >= 0.3 is 0 Å². The van der Waals surface area contributed by atoms with Gasteiger partial charge < -0.3 is 10.2 Å². The van der Waals surface area contributed by atoms with Gasteiger partial charge in [-0.05, 0) is 31.9 Å². The third-order valence-electron chi connectivity index (χ3n) is 5.55. The maximum atomic E-state index is 13.0. The number of hydrogen-bond donors (Lipinski definition) is 1. The fourth-order valence-electron chi connectivity index (χ4n) is 3.72. The van der Waals surface area contributed by atoms with E-state index in [1.54, 1.807) is 29.7 Å². The van der Waals surface area contributed by atoms with Crippen molar-refractivity contribution in [3.05, 3.63) is 34.6 Å². The number of benzene rings is 1. The molecule has 2 amide bonds. The second-order valence-electron chi connectivity index (χ2n) is 8.09. The van der Waals surface area contributed by atoms with E-state index in [1.165, 1.54) is 16.7 Å². The van der Waals surface area contributed by atoms with Crippen molar-refractivity contribution in [3.63, 3.8) is 0 Å². The number of carbonyl (C=O) groups excluding carboxylic acids is 2. The summed E-state index contributed by atoms with van der Waals surface area (Å²) in [6.07, 6.45) is 2.13. The van der Waals surface area contributed by atoms with Gasteiger partial charge in [-0.3, -0.25) is 19.0 Å². The first-order valence-electron chi connectivity index (χ1n) is 11.1. The van der Waals surface area contributed by atoms with Crippen LogP contribution in [0.3, 0.4) is 0 Å². The zero-order valence-electron chi connectivity index (χ0n) is 19.0. The summed E-state index contributed by atoms with van der Waals surface area (Å²) in [5.74, 6) is -0.571. The van der Waals surface area contributed by atoms with Gasteiger partial charge in [0, 0.05) is 19.1 Å². The summed E-state index contributed by atoms with van der Waals surface area (Å²) >= 11 is 1.19. The Labute approximate surface area is 197 Å². The first-order valence-corrected chi connectivity index (χ1v) is 13.9. The summed E-state index contributed by atoms with van der Waals surface area (Å²) in [5.41, 5.74) is 0.464. The van der Waals surface area contributed by atoms with Crippen LogP contribution in [0.2, 0.25) is 0 Å². The van der Waals surface area contributed by atoms with Crippen LogP contribution < -0.4 is 10.9 Å². The average Bonchev–Trinajstić information content (AvgIpc) is 3.13. The van der Waals surface area contributed by atoms with E-state index in [0.717, 1.165) is 12.8 Å². The number of fused-ring (bicyclic) bond motifs is 1. The predicted molar refractivity (Wildman–Crippen MR) is 129 cm³/mol. The lowest BCUT2D eigenvalue weighted by molar-refractivity contribution is -0.134. The summed E-state index contributed by atoms with van der Waals surface area (Å²) in [7, 11) is -3.09. The quantitative estimate of drug-likeness (QED) is 0.392. The molecule has 0 spiro atoms. The van der Waals surface area contributed by atoms with Gasteiger partial charge in [-0.2, -0.15) is 0 Å². The molecular weight excluding hydrogens is 464 g/mol. The highest BCUT2D eigenvalue weighted by atomic mass is 32.2. The van der Waals surface area contributed by atoms with Crippen LogP contribution in [-0.2, 0) is 26.0 Å². The molecule has 1 fully saturated rings. The second kappa shape index (κ2) is 11.1. The molecule has 1 saturated heterocycles. The summed E-state index contributed by atoms with van der Waals surface area (Å²) < 4.78 is 24.8. The van der Waals surface area contributed by atoms with E-state index >= 15 is 0 Å². The number of para-hydroxylation sites is 1. The molecule has 1 unspecified atom stereocenters. The van der Waals surface area contributed by atoms with Gasteiger partial charge in [0.25, 0.3) is 5.56 Å². The van der Waals surface area contributed by atoms with Crippen LogP contribution in [0.15, 0.2) is 34.2 Å². The van der Waals surface area contributed by atoms with Gasteiger partial charge in [0.15, 0.2) is 15.0 Å². The predicted octanol–water partition coefficient (Wildman–Crippen LogP) is 1.44. The number of nitrogens with zero attached hydrogens (tertiary/aromatic N) is 3. The monoisotopic (exact) mass is 494 g/mol. The molecule has 1 aromatic heterocycles. The molecule has 0 saturated carbocycles. The second-order valence-corrected chi connectivity index (χ2v) is 11.3. The molecule has 9 nitrogen and oxygen atoms in total. The van der Waals surface area contributed by atoms with Crippen molar-refractivity contribution in [2.75, 3.05) is 30.3 Å². The Morgan fingerprint density at radius 3 is 2.70 bits per heavy atom. The van der Waals surface area contributed by atoms with Crippen molar-refractivity contribution in [2.45, 2.75) is 50.9 Å². The number of unbranched alkanes of at least 4 members (excludes halogenated alkanes) is 1. The normalized spacial score (nSPS) is 17.2. The number of hydrogen-bond acceptors (Lipinski definition) is 7. The van der Waals surface area contributed by atoms with Crippen molar-refractivity contribution in [1.29, 1.82) is 0 Å². The molecular formula is C22H30N4O5S2. The van der Waals surface area contributed by atoms with Crippen molar-refractivity contribution < 1.29 is 18.0 Å². The number of thioether (sulfide) groups is 1. The first-order chi connectivity index (χ1) is 15.7. The third-order valence-corrected chi connectivity index (χ3v) is 8.28. The minimum atomic E-state index is -3.09. The fraction of sp³-hybridized carbons (Fsp3) is 0.545. The molecule has 0 bridgehead atoms. The minimum Gasteiger partial charge on any atom is -0.351 e. The number of aromatic nitrogens is 2. The largest absolute Gasteiger partial charge is 0.351 e. The minimum absolute atomic E-state index is 0.0375. The number of amides is 2. The van der Waals surface area contributed by atoms with Crippen LogP contribution in [-0.4, -0.2) is 71.1 Å². The van der Waals surface area contributed by atoms with Crippen molar-refractivity contribution >= 4 is 44.3 Å². The molecule has 11 heteroatoms. The SMILES string of the molecule is CCCCn1c(SCC(=O)N(CC)CC(=O)NC2CCS(=O)(=O)C2)nc2ccccc2c1=O. The van der Waals surface area contributed by atoms with Crippen molar-refractivity contribution in [1.82, 2.24) is 19.8 Å². The molecule has 2 aromatic rings. The molecule has 1 aliphatic heterocycles. The van der Waals surface area contributed by atoms with E-state index in [-0.39, 0.29) is 41.2 Å². The highest BCUT2D eigenvalue weighted by Gasteiger charge is 2.29. The highest BCUT2D eigenvalue weighted by Crippen LogP contribution is 2.19. The lowest BCUT2D eigenvalue weighted by Gasteiger charge is -2.21. The van der Waals surface area contributed by atoms with Gasteiger partial charge in [-0.1, -0.05) is 37.2 Å². The summed E-state index contributed by atoms with van der Waals surface area (Å²) in [4.78, 5) is 44.2. The van der Waals surface area contributed by atoms with Gasteiger partial charge in [0.2, 0.25) is 11.8 Å². The van der Waals surface area contributed by atoms with Crippen LogP contribution in [0, 0.1) is 0 Å². The van der Waals surface area contributed by atoms with Crippen LogP contribution >= 0.6 is 11.8 Å². The smallest absolute Gasteiger partial charge is 0.262 e. The summed E-state index contributed by atoms with van der Waals surface area (Å²) in [5, 5.41) is 3.74. The molecule has 1 aromatic carbocycles. The maximum absolute atomic E-state index is 13.0. The van der Waals surface area contributed by atoms with E-state index in [4.69, 9.17) is 0 Å². The zero-order chi connectivity index (χ0) is 24.0. The summed E-state index contributed by atoms with van der Waals surface area (Å²) in [6.45, 7) is 4.54. The van der Waals surface area contributed by atoms with E-state index < -0.39 is 15.9 Å². The average molecular weight is 495 g/mol. The van der Waals surface area contributed by atoms with Crippen LogP contribution in [0.25, 0.3) is 10.9 Å².